The molecule has 1 atom stereocenters. The first-order chi connectivity index (χ1) is 9.01. The topological polar surface area (TPSA) is 86.6 Å². The summed E-state index contributed by atoms with van der Waals surface area (Å²) in [5.74, 6) is -1.24. The Balaban J connectivity index is 2.39. The summed E-state index contributed by atoms with van der Waals surface area (Å²) >= 11 is 0. The molecule has 1 aromatic carbocycles. The van der Waals surface area contributed by atoms with Crippen molar-refractivity contribution in [1.82, 2.24) is 5.32 Å². The van der Waals surface area contributed by atoms with Crippen LogP contribution in [-0.2, 0) is 22.7 Å². The van der Waals surface area contributed by atoms with E-state index in [9.17, 15) is 9.59 Å². The molecule has 0 saturated heterocycles. The zero-order valence-corrected chi connectivity index (χ0v) is 10.9. The Morgan fingerprint density at radius 1 is 1.26 bits per heavy atom. The van der Waals surface area contributed by atoms with Gasteiger partial charge >= 0.3 is 5.97 Å². The van der Waals surface area contributed by atoms with Gasteiger partial charge in [-0.2, -0.15) is 0 Å². The van der Waals surface area contributed by atoms with E-state index in [4.69, 9.17) is 10.2 Å². The lowest BCUT2D eigenvalue weighted by Gasteiger charge is -2.10. The number of aliphatic hydroxyl groups is 1. The van der Waals surface area contributed by atoms with Crippen LogP contribution in [0.1, 0.15) is 30.9 Å². The Morgan fingerprint density at radius 3 is 2.58 bits per heavy atom. The van der Waals surface area contributed by atoms with Crippen LogP contribution in [0.3, 0.4) is 0 Å². The maximum absolute atomic E-state index is 11.6. The number of nitrogens with one attached hydrogen (secondary N) is 1. The van der Waals surface area contributed by atoms with Crippen LogP contribution in [0.5, 0.6) is 0 Å². The molecule has 104 valence electrons. The summed E-state index contributed by atoms with van der Waals surface area (Å²) in [6, 6.07) is 7.31. The maximum atomic E-state index is 11.6. The number of carbonyl (C=O) groups excluding carboxylic acids is 1. The third-order valence-electron chi connectivity index (χ3n) is 2.72. The average molecular weight is 265 g/mol. The molecule has 0 saturated carbocycles. The van der Waals surface area contributed by atoms with E-state index in [1.807, 2.05) is 18.2 Å². The zero-order valence-electron chi connectivity index (χ0n) is 10.9. The molecule has 0 aliphatic rings. The van der Waals surface area contributed by atoms with Gasteiger partial charge in [0, 0.05) is 19.4 Å². The molecule has 1 aromatic rings. The molecule has 5 nitrogen and oxygen atoms in total. The number of benzene rings is 1. The molecule has 0 heterocycles. The van der Waals surface area contributed by atoms with E-state index in [2.05, 4.69) is 5.32 Å². The molecule has 0 bridgehead atoms. The van der Waals surface area contributed by atoms with Crippen molar-refractivity contribution >= 4 is 11.9 Å². The Labute approximate surface area is 112 Å². The molecule has 0 radical (unpaired) electrons. The number of carboxylic acid groups (broad SMARTS) is 1. The molecule has 3 N–H and O–H groups in total. The quantitative estimate of drug-likeness (QED) is 0.693. The summed E-state index contributed by atoms with van der Waals surface area (Å²) in [5.41, 5.74) is 1.71. The fourth-order valence-corrected chi connectivity index (χ4v) is 1.80. The molecule has 0 aliphatic heterocycles. The van der Waals surface area contributed by atoms with Crippen LogP contribution in [0, 0.1) is 5.92 Å². The first-order valence-corrected chi connectivity index (χ1v) is 6.18. The van der Waals surface area contributed by atoms with E-state index >= 15 is 0 Å². The minimum Gasteiger partial charge on any atom is -0.481 e. The van der Waals surface area contributed by atoms with Gasteiger partial charge in [0.25, 0.3) is 0 Å². The van der Waals surface area contributed by atoms with Crippen LogP contribution < -0.4 is 5.32 Å². The molecule has 0 aromatic heterocycles. The molecule has 1 rings (SSSR count). The van der Waals surface area contributed by atoms with Gasteiger partial charge in [-0.15, -0.1) is 0 Å². The van der Waals surface area contributed by atoms with Crippen molar-refractivity contribution in [2.75, 3.05) is 0 Å². The third-order valence-corrected chi connectivity index (χ3v) is 2.72. The standard InChI is InChI=1S/C14H19NO4/c1-10(6-14(18)19)5-13(17)15-8-11-3-2-4-12(7-11)9-16/h2-4,7,10,16H,5-6,8-9H2,1H3,(H,15,17)(H,18,19). The highest BCUT2D eigenvalue weighted by Gasteiger charge is 2.12. The van der Waals surface area contributed by atoms with Crippen molar-refractivity contribution in [3.63, 3.8) is 0 Å². The highest BCUT2D eigenvalue weighted by molar-refractivity contribution is 5.77. The molecule has 1 unspecified atom stereocenters. The molecule has 0 fully saturated rings. The number of aliphatic carboxylic acids is 1. The zero-order chi connectivity index (χ0) is 14.3. The van der Waals surface area contributed by atoms with Crippen molar-refractivity contribution in [3.05, 3.63) is 35.4 Å². The highest BCUT2D eigenvalue weighted by Crippen LogP contribution is 2.08. The van der Waals surface area contributed by atoms with E-state index in [-0.39, 0.29) is 31.3 Å². The summed E-state index contributed by atoms with van der Waals surface area (Å²) in [6.07, 6.45) is 0.194. The Bertz CT molecular complexity index is 445. The number of rotatable bonds is 7. The van der Waals surface area contributed by atoms with Crippen LogP contribution in [0.25, 0.3) is 0 Å². The molecular weight excluding hydrogens is 246 g/mol. The van der Waals surface area contributed by atoms with E-state index in [0.29, 0.717) is 6.54 Å². The summed E-state index contributed by atoms with van der Waals surface area (Å²) in [4.78, 5) is 22.1. The van der Waals surface area contributed by atoms with Gasteiger partial charge in [-0.25, -0.2) is 0 Å². The lowest BCUT2D eigenvalue weighted by atomic mass is 10.0. The highest BCUT2D eigenvalue weighted by atomic mass is 16.4. The predicted octanol–water partition coefficient (Wildman–Crippen LogP) is 1.30. The maximum Gasteiger partial charge on any atom is 0.303 e. The average Bonchev–Trinajstić information content (AvgIpc) is 2.35. The first-order valence-electron chi connectivity index (χ1n) is 6.18. The lowest BCUT2D eigenvalue weighted by molar-refractivity contribution is -0.138. The van der Waals surface area contributed by atoms with Gasteiger partial charge in [-0.05, 0) is 17.0 Å². The van der Waals surface area contributed by atoms with Crippen molar-refractivity contribution < 1.29 is 19.8 Å². The van der Waals surface area contributed by atoms with Gasteiger partial charge < -0.3 is 15.5 Å². The smallest absolute Gasteiger partial charge is 0.303 e. The summed E-state index contributed by atoms with van der Waals surface area (Å²) < 4.78 is 0. The minimum absolute atomic E-state index is 0.00653. The van der Waals surface area contributed by atoms with Gasteiger partial charge in [0.15, 0.2) is 0 Å². The summed E-state index contributed by atoms with van der Waals surface area (Å²) in [7, 11) is 0. The number of carboxylic acids is 1. The number of aliphatic hydroxyl groups excluding tert-OH is 1. The van der Waals surface area contributed by atoms with Gasteiger partial charge in [-0.3, -0.25) is 9.59 Å². The van der Waals surface area contributed by atoms with E-state index in [1.165, 1.54) is 0 Å². The molecule has 19 heavy (non-hydrogen) atoms. The predicted molar refractivity (Wildman–Crippen MR) is 70.2 cm³/mol. The normalized spacial score (nSPS) is 11.9. The Hall–Kier alpha value is -1.88. The summed E-state index contributed by atoms with van der Waals surface area (Å²) in [5, 5.41) is 20.3. The Morgan fingerprint density at radius 2 is 1.95 bits per heavy atom. The second-order valence-electron chi connectivity index (χ2n) is 4.66. The van der Waals surface area contributed by atoms with E-state index in [0.717, 1.165) is 11.1 Å². The van der Waals surface area contributed by atoms with Gasteiger partial charge in [0.1, 0.15) is 0 Å². The molecule has 0 spiro atoms. The summed E-state index contributed by atoms with van der Waals surface area (Å²) in [6.45, 7) is 2.09. The largest absolute Gasteiger partial charge is 0.481 e. The van der Waals surface area contributed by atoms with Crippen LogP contribution in [0.2, 0.25) is 0 Å². The van der Waals surface area contributed by atoms with Crippen molar-refractivity contribution in [2.45, 2.75) is 32.9 Å². The molecule has 0 aliphatic carbocycles. The van der Waals surface area contributed by atoms with E-state index < -0.39 is 5.97 Å². The lowest BCUT2D eigenvalue weighted by Crippen LogP contribution is -2.25. The monoisotopic (exact) mass is 265 g/mol. The van der Waals surface area contributed by atoms with Gasteiger partial charge in [0.2, 0.25) is 5.91 Å². The number of carbonyl (C=O) groups is 2. The second-order valence-corrected chi connectivity index (χ2v) is 4.66. The number of hydrogen-bond acceptors (Lipinski definition) is 3. The SMILES string of the molecule is CC(CC(=O)O)CC(=O)NCc1cccc(CO)c1. The van der Waals surface area contributed by atoms with Crippen LogP contribution in [-0.4, -0.2) is 22.1 Å². The van der Waals surface area contributed by atoms with Crippen LogP contribution in [0.4, 0.5) is 0 Å². The Kier molecular flexibility index (Phi) is 6.02. The third kappa shape index (κ3) is 6.01. The van der Waals surface area contributed by atoms with E-state index in [1.54, 1.807) is 13.0 Å². The first kappa shape index (κ1) is 15.2. The fraction of sp³-hybridized carbons (Fsp3) is 0.429. The minimum atomic E-state index is -0.893. The van der Waals surface area contributed by atoms with Crippen molar-refractivity contribution in [3.8, 4) is 0 Å². The van der Waals surface area contributed by atoms with Crippen molar-refractivity contribution in [1.29, 1.82) is 0 Å². The second kappa shape index (κ2) is 7.53. The molecular formula is C14H19NO4. The van der Waals surface area contributed by atoms with Crippen molar-refractivity contribution in [2.24, 2.45) is 5.92 Å². The number of hydrogen-bond donors (Lipinski definition) is 3. The van der Waals surface area contributed by atoms with Gasteiger partial charge in [-0.1, -0.05) is 31.2 Å². The van der Waals surface area contributed by atoms with Gasteiger partial charge in [0.05, 0.1) is 6.61 Å². The van der Waals surface area contributed by atoms with Crippen LogP contribution >= 0.6 is 0 Å². The molecule has 1 amide bonds. The van der Waals surface area contributed by atoms with Crippen LogP contribution in [0.15, 0.2) is 24.3 Å². The molecule has 5 heteroatoms. The fourth-order valence-electron chi connectivity index (χ4n) is 1.80. The number of amides is 1.